The number of piperazine rings is 1. The van der Waals surface area contributed by atoms with Gasteiger partial charge in [0.05, 0.1) is 13.7 Å². The van der Waals surface area contributed by atoms with E-state index in [0.717, 1.165) is 45.0 Å². The van der Waals surface area contributed by atoms with E-state index >= 15 is 0 Å². The molecular formula is C17H24N4O3. The summed E-state index contributed by atoms with van der Waals surface area (Å²) >= 11 is 0. The molecule has 1 saturated heterocycles. The lowest BCUT2D eigenvalue weighted by Gasteiger charge is -2.38. The highest BCUT2D eigenvalue weighted by Gasteiger charge is 2.25. The fourth-order valence-electron chi connectivity index (χ4n) is 3.28. The van der Waals surface area contributed by atoms with Gasteiger partial charge in [0.25, 0.3) is 0 Å². The Labute approximate surface area is 142 Å². The molecule has 3 rings (SSSR count). The molecule has 0 spiro atoms. The number of fused-ring (bicyclic) bond motifs is 1. The van der Waals surface area contributed by atoms with Crippen molar-refractivity contribution in [2.45, 2.75) is 19.4 Å². The van der Waals surface area contributed by atoms with Crippen LogP contribution in [-0.2, 0) is 16.0 Å². The molecule has 0 aromatic heterocycles. The Balaban J connectivity index is 1.61. The van der Waals surface area contributed by atoms with E-state index in [1.165, 1.54) is 11.1 Å². The Morgan fingerprint density at radius 3 is 2.88 bits per heavy atom. The first-order valence-electron chi connectivity index (χ1n) is 8.28. The molecule has 0 saturated carbocycles. The summed E-state index contributed by atoms with van der Waals surface area (Å²) < 4.78 is 10.9. The van der Waals surface area contributed by atoms with Gasteiger partial charge in [-0.1, -0.05) is 12.1 Å². The number of benzene rings is 1. The number of amidine groups is 1. The van der Waals surface area contributed by atoms with Crippen LogP contribution in [0.3, 0.4) is 0 Å². The van der Waals surface area contributed by atoms with Gasteiger partial charge in [-0.05, 0) is 24.1 Å². The van der Waals surface area contributed by atoms with Crippen LogP contribution < -0.4 is 10.2 Å². The van der Waals surface area contributed by atoms with E-state index in [0.29, 0.717) is 18.5 Å². The van der Waals surface area contributed by atoms with Gasteiger partial charge in [0.1, 0.15) is 5.75 Å². The lowest BCUT2D eigenvalue weighted by Crippen LogP contribution is -2.50. The summed E-state index contributed by atoms with van der Waals surface area (Å²) in [6.45, 7) is 6.44. The van der Waals surface area contributed by atoms with E-state index in [1.807, 2.05) is 4.90 Å². The van der Waals surface area contributed by atoms with Crippen LogP contribution in [0.4, 0.5) is 0 Å². The van der Waals surface area contributed by atoms with E-state index in [9.17, 15) is 4.79 Å². The van der Waals surface area contributed by atoms with Gasteiger partial charge >= 0.3 is 6.02 Å². The van der Waals surface area contributed by atoms with Crippen LogP contribution in [0.5, 0.6) is 5.75 Å². The smallest absolute Gasteiger partial charge is 0.309 e. The van der Waals surface area contributed by atoms with Crippen molar-refractivity contribution < 1.29 is 14.3 Å². The maximum Gasteiger partial charge on any atom is 0.309 e. The maximum atomic E-state index is 10.4. The largest absolute Gasteiger partial charge is 0.493 e. The lowest BCUT2D eigenvalue weighted by molar-refractivity contribution is -0.109. The second kappa shape index (κ2) is 7.53. The molecule has 130 valence electrons. The molecule has 1 aromatic carbocycles. The number of carbonyl (C=O) groups is 1. The van der Waals surface area contributed by atoms with Crippen molar-refractivity contribution in [1.29, 1.82) is 0 Å². The highest BCUT2D eigenvalue weighted by molar-refractivity contribution is 5.74. The molecule has 2 heterocycles. The molecular weight excluding hydrogens is 308 g/mol. The molecule has 24 heavy (non-hydrogen) atoms. The second-order valence-corrected chi connectivity index (χ2v) is 6.01. The quantitative estimate of drug-likeness (QED) is 0.385. The van der Waals surface area contributed by atoms with Gasteiger partial charge in [0, 0.05) is 38.6 Å². The van der Waals surface area contributed by atoms with Crippen molar-refractivity contribution in [2.24, 2.45) is 5.10 Å². The Kier molecular flexibility index (Phi) is 5.20. The van der Waals surface area contributed by atoms with Crippen LogP contribution in [0, 0.1) is 0 Å². The highest BCUT2D eigenvalue weighted by atomic mass is 16.5. The van der Waals surface area contributed by atoms with E-state index in [4.69, 9.17) is 9.47 Å². The van der Waals surface area contributed by atoms with Crippen LogP contribution >= 0.6 is 0 Å². The number of carbonyl (C=O) groups excluding carboxylic acids is 1. The minimum Gasteiger partial charge on any atom is -0.493 e. The Morgan fingerprint density at radius 2 is 2.17 bits per heavy atom. The number of rotatable bonds is 4. The normalized spacial score (nSPS) is 19.4. The predicted octanol–water partition coefficient (Wildman–Crippen LogP) is 0.963. The van der Waals surface area contributed by atoms with Gasteiger partial charge < -0.3 is 14.4 Å². The molecule has 2 aliphatic rings. The SMILES string of the molecule is CO/C(=N\NC=O)N1CCN(C(C)c2ccc3c(c2)OCC3)CC1. The fraction of sp³-hybridized carbons (Fsp3) is 0.529. The van der Waals surface area contributed by atoms with Gasteiger partial charge in [0.15, 0.2) is 0 Å². The third-order valence-electron chi connectivity index (χ3n) is 4.73. The molecule has 7 heteroatoms. The van der Waals surface area contributed by atoms with Crippen LogP contribution in [-0.4, -0.2) is 62.1 Å². The Bertz CT molecular complexity index is 612. The van der Waals surface area contributed by atoms with E-state index in [-0.39, 0.29) is 0 Å². The molecule has 0 aliphatic carbocycles. The standard InChI is InChI=1S/C17H24N4O3/c1-13(15-4-3-14-5-10-24-16(14)11-15)20-6-8-21(9-7-20)17(23-2)19-18-12-22/h3-4,11-13H,5-10H2,1-2H3,(H,18,22)/b19-17-. The predicted molar refractivity (Wildman–Crippen MR) is 90.8 cm³/mol. The van der Waals surface area contributed by atoms with Gasteiger partial charge in [-0.2, -0.15) is 0 Å². The average Bonchev–Trinajstić information content (AvgIpc) is 3.10. The summed E-state index contributed by atoms with van der Waals surface area (Å²) in [5, 5.41) is 3.92. The zero-order valence-corrected chi connectivity index (χ0v) is 14.2. The van der Waals surface area contributed by atoms with Crippen LogP contribution in [0.2, 0.25) is 0 Å². The Morgan fingerprint density at radius 1 is 1.38 bits per heavy atom. The first-order chi connectivity index (χ1) is 11.7. The first kappa shape index (κ1) is 16.6. The maximum absolute atomic E-state index is 10.4. The molecule has 1 amide bonds. The number of nitrogens with one attached hydrogen (secondary N) is 1. The van der Waals surface area contributed by atoms with Gasteiger partial charge in [-0.3, -0.25) is 9.69 Å². The number of hydrogen-bond acceptors (Lipinski definition) is 5. The topological polar surface area (TPSA) is 66.4 Å². The summed E-state index contributed by atoms with van der Waals surface area (Å²) in [5.41, 5.74) is 4.88. The number of amides is 1. The van der Waals surface area contributed by atoms with E-state index in [2.05, 4.69) is 40.5 Å². The summed E-state index contributed by atoms with van der Waals surface area (Å²) in [5.74, 6) is 1.03. The van der Waals surface area contributed by atoms with E-state index < -0.39 is 0 Å². The number of hydrazone groups is 1. The summed E-state index contributed by atoms with van der Waals surface area (Å²) in [6.07, 6.45) is 1.55. The van der Waals surface area contributed by atoms with Crippen LogP contribution in [0.25, 0.3) is 0 Å². The first-order valence-corrected chi connectivity index (χ1v) is 8.28. The van der Waals surface area contributed by atoms with Gasteiger partial charge in [0.2, 0.25) is 6.41 Å². The van der Waals surface area contributed by atoms with Gasteiger partial charge in [-0.15, -0.1) is 5.10 Å². The van der Waals surface area contributed by atoms with Crippen molar-refractivity contribution in [3.8, 4) is 5.75 Å². The minimum atomic E-state index is 0.331. The monoisotopic (exact) mass is 332 g/mol. The lowest BCUT2D eigenvalue weighted by atomic mass is 10.0. The molecule has 1 fully saturated rings. The van der Waals surface area contributed by atoms with Crippen molar-refractivity contribution in [3.63, 3.8) is 0 Å². The highest BCUT2D eigenvalue weighted by Crippen LogP contribution is 2.30. The number of nitrogens with zero attached hydrogens (tertiary/aromatic N) is 3. The molecule has 0 radical (unpaired) electrons. The third-order valence-corrected chi connectivity index (χ3v) is 4.73. The molecule has 7 nitrogen and oxygen atoms in total. The van der Waals surface area contributed by atoms with Crippen molar-refractivity contribution in [2.75, 3.05) is 39.9 Å². The second-order valence-electron chi connectivity index (χ2n) is 6.01. The number of ether oxygens (including phenoxy) is 2. The van der Waals surface area contributed by atoms with Crippen molar-refractivity contribution >= 4 is 12.4 Å². The van der Waals surface area contributed by atoms with Crippen molar-refractivity contribution in [3.05, 3.63) is 29.3 Å². The molecule has 1 unspecified atom stereocenters. The molecule has 0 bridgehead atoms. The van der Waals surface area contributed by atoms with Crippen LogP contribution in [0.1, 0.15) is 24.1 Å². The van der Waals surface area contributed by atoms with Crippen LogP contribution in [0.15, 0.2) is 23.3 Å². The van der Waals surface area contributed by atoms with Gasteiger partial charge in [-0.25, -0.2) is 5.43 Å². The summed E-state index contributed by atoms with van der Waals surface area (Å²) in [7, 11) is 1.56. The number of hydrogen-bond donors (Lipinski definition) is 1. The summed E-state index contributed by atoms with van der Waals surface area (Å²) in [6, 6.07) is 7.35. The summed E-state index contributed by atoms with van der Waals surface area (Å²) in [4.78, 5) is 14.8. The average molecular weight is 332 g/mol. The zero-order valence-electron chi connectivity index (χ0n) is 14.2. The Hall–Kier alpha value is -2.28. The molecule has 1 N–H and O–H groups in total. The number of methoxy groups -OCH3 is 1. The molecule has 1 aromatic rings. The fourth-order valence-corrected chi connectivity index (χ4v) is 3.28. The van der Waals surface area contributed by atoms with E-state index in [1.54, 1.807) is 7.11 Å². The zero-order chi connectivity index (χ0) is 16.9. The third kappa shape index (κ3) is 3.46. The molecule has 2 aliphatic heterocycles. The molecule has 1 atom stereocenters. The van der Waals surface area contributed by atoms with Crippen molar-refractivity contribution in [1.82, 2.24) is 15.2 Å². The minimum absolute atomic E-state index is 0.331.